The van der Waals surface area contributed by atoms with Gasteiger partial charge in [-0.05, 0) is 47.5 Å². The largest absolute Gasteiger partial charge is 0.481 e. The molecular weight excluding hydrogens is 526 g/mol. The molecule has 0 saturated carbocycles. The van der Waals surface area contributed by atoms with Crippen LogP contribution in [0.2, 0.25) is 0 Å². The van der Waals surface area contributed by atoms with Crippen LogP contribution in [0.3, 0.4) is 0 Å². The summed E-state index contributed by atoms with van der Waals surface area (Å²) in [5.74, 6) is 6.00. The topological polar surface area (TPSA) is 165 Å². The average molecular weight is 576 g/mol. The van der Waals surface area contributed by atoms with Crippen molar-refractivity contribution in [1.29, 1.82) is 0 Å². The summed E-state index contributed by atoms with van der Waals surface area (Å²) in [5, 5.41) is 24.3. The minimum absolute atomic E-state index is 0.128. The van der Waals surface area contributed by atoms with Gasteiger partial charge in [0.15, 0.2) is 5.65 Å². The number of rotatable bonds is 2. The lowest BCUT2D eigenvalue weighted by atomic mass is 9.93. The maximum Gasteiger partial charge on any atom is 0.308 e. The number of hydrazine groups is 1. The minimum Gasteiger partial charge on any atom is -0.481 e. The second kappa shape index (κ2) is 15.2. The summed E-state index contributed by atoms with van der Waals surface area (Å²) in [6.45, 7) is 16.1. The molecule has 230 valence electrons. The van der Waals surface area contributed by atoms with E-state index in [-0.39, 0.29) is 18.6 Å². The molecule has 41 heavy (non-hydrogen) atoms. The van der Waals surface area contributed by atoms with E-state index in [0.29, 0.717) is 61.1 Å². The fourth-order valence-corrected chi connectivity index (χ4v) is 4.39. The zero-order valence-corrected chi connectivity index (χ0v) is 25.7. The highest BCUT2D eigenvalue weighted by molar-refractivity contribution is 5.74. The van der Waals surface area contributed by atoms with Crippen LogP contribution in [0.4, 0.5) is 5.82 Å². The third-order valence-electron chi connectivity index (χ3n) is 6.23. The number of aromatic nitrogens is 3. The molecule has 12 nitrogen and oxygen atoms in total. The van der Waals surface area contributed by atoms with Gasteiger partial charge in [-0.15, -0.1) is 0 Å². The molecule has 0 aliphatic carbocycles. The Bertz CT molecular complexity index is 1190. The smallest absolute Gasteiger partial charge is 0.308 e. The first-order valence-electron chi connectivity index (χ1n) is 14.2. The molecule has 4 bridgehead atoms. The maximum absolute atomic E-state index is 11.7. The second-order valence-corrected chi connectivity index (χ2v) is 11.3. The van der Waals surface area contributed by atoms with Gasteiger partial charge in [0.1, 0.15) is 5.82 Å². The van der Waals surface area contributed by atoms with Gasteiger partial charge in [0, 0.05) is 36.6 Å². The highest BCUT2D eigenvalue weighted by atomic mass is 16.5. The fourth-order valence-electron chi connectivity index (χ4n) is 4.39. The molecule has 5 rings (SSSR count). The van der Waals surface area contributed by atoms with Crippen molar-refractivity contribution < 1.29 is 24.5 Å². The number of carboxylic acid groups (broad SMARTS) is 1. The maximum atomic E-state index is 11.7. The molecule has 3 aliphatic rings. The van der Waals surface area contributed by atoms with Crippen LogP contribution in [-0.4, -0.2) is 79.9 Å². The van der Waals surface area contributed by atoms with E-state index in [4.69, 9.17) is 31.3 Å². The number of anilines is 1. The number of aliphatic carboxylic acids is 1. The molecule has 1 saturated heterocycles. The predicted octanol–water partition coefficient (Wildman–Crippen LogP) is 2.91. The Labute approximate surface area is 243 Å². The van der Waals surface area contributed by atoms with Gasteiger partial charge in [0.25, 0.3) is 0 Å². The lowest BCUT2D eigenvalue weighted by Crippen LogP contribution is -2.45. The lowest BCUT2D eigenvalue weighted by Gasteiger charge is -2.40. The van der Waals surface area contributed by atoms with Crippen molar-refractivity contribution in [2.45, 2.75) is 85.5 Å². The molecule has 0 radical (unpaired) electrons. The summed E-state index contributed by atoms with van der Waals surface area (Å²) < 4.78 is 13.5. The van der Waals surface area contributed by atoms with Crippen LogP contribution < -0.4 is 16.5 Å². The molecule has 1 fully saturated rings. The highest BCUT2D eigenvalue weighted by Gasteiger charge is 2.33. The van der Waals surface area contributed by atoms with Crippen molar-refractivity contribution in [3.05, 3.63) is 47.1 Å². The molecule has 2 aromatic rings. The summed E-state index contributed by atoms with van der Waals surface area (Å²) >= 11 is 0. The molecule has 5 heterocycles. The second-order valence-electron chi connectivity index (χ2n) is 11.3. The zero-order chi connectivity index (χ0) is 30.8. The molecule has 2 aromatic heterocycles. The van der Waals surface area contributed by atoms with Crippen LogP contribution in [0.25, 0.3) is 5.65 Å². The van der Waals surface area contributed by atoms with Crippen LogP contribution >= 0.6 is 0 Å². The van der Waals surface area contributed by atoms with Gasteiger partial charge in [-0.2, -0.15) is 9.61 Å². The van der Waals surface area contributed by atoms with Crippen LogP contribution in [0.1, 0.15) is 71.3 Å². The van der Waals surface area contributed by atoms with Crippen molar-refractivity contribution in [3.8, 4) is 0 Å². The number of ether oxygens (including phenoxy) is 2. The first-order valence-corrected chi connectivity index (χ1v) is 14.2. The number of aryl methyl sites for hydroxylation is 1. The quantitative estimate of drug-likeness (QED) is 0.307. The summed E-state index contributed by atoms with van der Waals surface area (Å²) in [6, 6.07) is 1.86. The number of hydrogen-bond acceptors (Lipinski definition) is 10. The Morgan fingerprint density at radius 2 is 1.78 bits per heavy atom. The van der Waals surface area contributed by atoms with Crippen LogP contribution in [0.15, 0.2) is 30.1 Å². The number of nitrogens with two attached hydrogens (primary N) is 2. The minimum atomic E-state index is -0.906. The number of carbonyl (C=O) groups is 1. The van der Waals surface area contributed by atoms with Crippen molar-refractivity contribution in [1.82, 2.24) is 19.6 Å². The first kappa shape index (κ1) is 34.0. The SMILES string of the molecule is CC.CC(C)(C)O.Cc1nc2cc3nn2c(c1CC(=O)O)N1CCC(C)(CC1)OC/C=C/COC/C(N)=C/N(N)C3. The fraction of sp³-hybridized carbons (Fsp3) is 0.621. The summed E-state index contributed by atoms with van der Waals surface area (Å²) in [5.41, 5.74) is 8.45. The Morgan fingerprint density at radius 1 is 1.17 bits per heavy atom. The summed E-state index contributed by atoms with van der Waals surface area (Å²) in [6.07, 6.45) is 6.96. The molecule has 0 unspecified atom stereocenters. The molecule has 0 amide bonds. The van der Waals surface area contributed by atoms with E-state index in [1.807, 2.05) is 39.0 Å². The van der Waals surface area contributed by atoms with Crippen molar-refractivity contribution >= 4 is 17.4 Å². The van der Waals surface area contributed by atoms with Gasteiger partial charge < -0.3 is 35.3 Å². The molecule has 0 atom stereocenters. The highest BCUT2D eigenvalue weighted by Crippen LogP contribution is 2.32. The van der Waals surface area contributed by atoms with Crippen LogP contribution in [0, 0.1) is 6.92 Å². The third kappa shape index (κ3) is 11.0. The standard InChI is InChI=1S/C23H33N7O4.C4H10O.C2H6/c1-16-19(12-21(31)32)22-28-7-5-23(2,6-8-28)34-10-4-3-9-33-15-17(24)13-29(25)14-18-11-20(26-16)30(22)27-18;1-4(2,3)5;1-2/h3-4,11,13H,5-10,12,14-15,24-25H2,1-2H3,(H,31,32);5H,1-3H3;1-2H3/b4-3+,17-13-;;. The number of hydrogen-bond donors (Lipinski definition) is 4. The monoisotopic (exact) mass is 575 g/mol. The van der Waals surface area contributed by atoms with Crippen LogP contribution in [-0.2, 0) is 27.2 Å². The van der Waals surface area contributed by atoms with E-state index in [2.05, 4.69) is 16.8 Å². The molecule has 0 aromatic carbocycles. The molecule has 0 spiro atoms. The van der Waals surface area contributed by atoms with Gasteiger partial charge in [0.2, 0.25) is 0 Å². The van der Waals surface area contributed by atoms with E-state index < -0.39 is 11.6 Å². The lowest BCUT2D eigenvalue weighted by molar-refractivity contribution is -0.136. The van der Waals surface area contributed by atoms with E-state index in [1.54, 1.807) is 31.5 Å². The van der Waals surface area contributed by atoms with E-state index in [0.717, 1.165) is 18.7 Å². The summed E-state index contributed by atoms with van der Waals surface area (Å²) in [4.78, 5) is 18.5. The molecule has 3 aliphatic heterocycles. The van der Waals surface area contributed by atoms with Crippen molar-refractivity contribution in [2.24, 2.45) is 11.6 Å². The molecular formula is C29H49N7O5. The van der Waals surface area contributed by atoms with Crippen LogP contribution in [0.5, 0.6) is 0 Å². The number of piperidine rings is 1. The zero-order valence-electron chi connectivity index (χ0n) is 25.7. The van der Waals surface area contributed by atoms with E-state index in [9.17, 15) is 9.90 Å². The van der Waals surface area contributed by atoms with Gasteiger partial charge >= 0.3 is 5.97 Å². The Kier molecular flexibility index (Phi) is 12.6. The average Bonchev–Trinajstić information content (AvgIpc) is 3.25. The van der Waals surface area contributed by atoms with Gasteiger partial charge in [-0.1, -0.05) is 26.0 Å². The Balaban J connectivity index is 0.000000759. The van der Waals surface area contributed by atoms with E-state index >= 15 is 0 Å². The number of carboxylic acids is 1. The number of aliphatic hydroxyl groups is 1. The molecule has 12 heteroatoms. The summed E-state index contributed by atoms with van der Waals surface area (Å²) in [7, 11) is 0. The first-order chi connectivity index (χ1) is 19.2. The van der Waals surface area contributed by atoms with Gasteiger partial charge in [-0.25, -0.2) is 10.8 Å². The van der Waals surface area contributed by atoms with Crippen molar-refractivity contribution in [2.75, 3.05) is 37.8 Å². The molecule has 6 N–H and O–H groups in total. The normalized spacial score (nSPS) is 20.0. The Morgan fingerprint density at radius 3 is 2.39 bits per heavy atom. The van der Waals surface area contributed by atoms with Crippen molar-refractivity contribution in [3.63, 3.8) is 0 Å². The number of fused-ring (bicyclic) bond motifs is 10. The number of nitrogens with zero attached hydrogens (tertiary/aromatic N) is 5. The van der Waals surface area contributed by atoms with Gasteiger partial charge in [-0.3, -0.25) is 4.79 Å². The van der Waals surface area contributed by atoms with Gasteiger partial charge in [0.05, 0.1) is 55.4 Å². The Hall–Kier alpha value is -3.19. The van der Waals surface area contributed by atoms with E-state index in [1.165, 1.54) is 5.01 Å². The predicted molar refractivity (Wildman–Crippen MR) is 160 cm³/mol. The third-order valence-corrected chi connectivity index (χ3v) is 6.23.